The van der Waals surface area contributed by atoms with Gasteiger partial charge in [0, 0.05) is 13.0 Å². The lowest BCUT2D eigenvalue weighted by Gasteiger charge is -2.26. The molecule has 3 aromatic rings. The quantitative estimate of drug-likeness (QED) is 0.474. The van der Waals surface area contributed by atoms with Crippen LogP contribution in [0.5, 0.6) is 0 Å². The molecule has 164 valence electrons. The van der Waals surface area contributed by atoms with Gasteiger partial charge in [-0.05, 0) is 73.6 Å². The van der Waals surface area contributed by atoms with E-state index in [1.807, 2.05) is 18.2 Å². The summed E-state index contributed by atoms with van der Waals surface area (Å²) in [5.74, 6) is 0.215. The van der Waals surface area contributed by atoms with Crippen molar-refractivity contribution in [3.8, 4) is 0 Å². The maximum Gasteiger partial charge on any atom is 0.182 e. The normalized spacial score (nSPS) is 20.7. The molecule has 2 aliphatic rings. The van der Waals surface area contributed by atoms with Gasteiger partial charge in [0.2, 0.25) is 0 Å². The predicted octanol–water partition coefficient (Wildman–Crippen LogP) is 5.60. The number of carbonyl (C=O) groups excluding carboxylic acids is 1. The van der Waals surface area contributed by atoms with Crippen molar-refractivity contribution < 1.29 is 13.6 Å². The highest BCUT2D eigenvalue weighted by Crippen LogP contribution is 2.35. The summed E-state index contributed by atoms with van der Waals surface area (Å²) in [5.41, 5.74) is 1.96. The van der Waals surface area contributed by atoms with Crippen molar-refractivity contribution in [3.63, 3.8) is 0 Å². The molecule has 0 saturated carbocycles. The molecule has 32 heavy (non-hydrogen) atoms. The Kier molecular flexibility index (Phi) is 5.55. The lowest BCUT2D eigenvalue weighted by atomic mass is 9.94. The number of nitrogens with zero attached hydrogens (tertiary/aromatic N) is 4. The van der Waals surface area contributed by atoms with E-state index in [1.165, 1.54) is 12.1 Å². The Morgan fingerprint density at radius 3 is 2.94 bits per heavy atom. The minimum Gasteiger partial charge on any atom is -0.348 e. The van der Waals surface area contributed by atoms with E-state index in [0.717, 1.165) is 37.2 Å². The number of fused-ring (bicyclic) bond motifs is 1. The summed E-state index contributed by atoms with van der Waals surface area (Å²) >= 11 is 0. The van der Waals surface area contributed by atoms with Crippen molar-refractivity contribution in [2.45, 2.75) is 38.1 Å². The average molecular weight is 434 g/mol. The first-order valence-electron chi connectivity index (χ1n) is 11.0. The largest absolute Gasteiger partial charge is 0.348 e. The van der Waals surface area contributed by atoms with E-state index in [9.17, 15) is 13.6 Å². The lowest BCUT2D eigenvalue weighted by molar-refractivity contribution is 0.0969. The molecule has 0 amide bonds. The Hall–Kier alpha value is -3.35. The van der Waals surface area contributed by atoms with Crippen LogP contribution in [0.25, 0.3) is 5.65 Å². The third kappa shape index (κ3) is 4.07. The molecule has 0 spiro atoms. The Morgan fingerprint density at radius 1 is 1.19 bits per heavy atom. The number of Topliss-reactive ketones (excluding diaryl/α,β-unsaturated/α-hetero) is 1. The number of imidazole rings is 1. The highest BCUT2D eigenvalue weighted by atomic mass is 19.1. The van der Waals surface area contributed by atoms with E-state index in [0.29, 0.717) is 24.2 Å². The number of aromatic nitrogens is 3. The first kappa shape index (κ1) is 20.5. The summed E-state index contributed by atoms with van der Waals surface area (Å²) in [6.07, 6.45) is 9.93. The van der Waals surface area contributed by atoms with E-state index in [4.69, 9.17) is 5.10 Å². The number of carbonyl (C=O) groups is 1. The maximum atomic E-state index is 13.8. The number of halogens is 2. The first-order chi connectivity index (χ1) is 15.6. The van der Waals surface area contributed by atoms with Gasteiger partial charge in [0.05, 0.1) is 12.2 Å². The SMILES string of the molecule is O=C(CCC1C=C(F)C=CC1)c1cnc2ccc(N3CCC[C@@H]3c3cccc(F)c3)nn12. The third-order valence-electron chi connectivity index (χ3n) is 6.27. The molecule has 1 saturated heterocycles. The zero-order valence-electron chi connectivity index (χ0n) is 17.6. The number of hydrogen-bond acceptors (Lipinski definition) is 4. The van der Waals surface area contributed by atoms with E-state index in [-0.39, 0.29) is 29.4 Å². The van der Waals surface area contributed by atoms with Gasteiger partial charge in [-0.1, -0.05) is 18.2 Å². The Bertz CT molecular complexity index is 1220. The van der Waals surface area contributed by atoms with Crippen molar-refractivity contribution in [1.82, 2.24) is 14.6 Å². The van der Waals surface area contributed by atoms with Crippen molar-refractivity contribution in [3.05, 3.63) is 83.7 Å². The second-order valence-electron chi connectivity index (χ2n) is 8.42. The smallest absolute Gasteiger partial charge is 0.182 e. The zero-order valence-corrected chi connectivity index (χ0v) is 17.6. The van der Waals surface area contributed by atoms with Crippen molar-refractivity contribution in [2.75, 3.05) is 11.4 Å². The number of allylic oxidation sites excluding steroid dienone is 4. The molecular formula is C25H24F2N4O. The molecule has 0 bridgehead atoms. The predicted molar refractivity (Wildman–Crippen MR) is 119 cm³/mol. The molecular weight excluding hydrogens is 410 g/mol. The highest BCUT2D eigenvalue weighted by molar-refractivity contribution is 5.95. The molecule has 1 aliphatic carbocycles. The fraction of sp³-hybridized carbons (Fsp3) is 0.320. The molecule has 2 atom stereocenters. The summed E-state index contributed by atoms with van der Waals surface area (Å²) in [6, 6.07) is 10.5. The standard InChI is InChI=1S/C25H24F2N4O/c26-19-6-1-4-17(14-19)9-10-23(32)22-16-28-24-11-12-25(29-31(22)24)30-13-3-8-21(30)18-5-2-7-20(27)15-18/h1-2,5-7,11-12,14-17,21H,3-4,8-10,13H2/t17?,21-/m1/s1. The number of anilines is 1. The fourth-order valence-electron chi connectivity index (χ4n) is 4.66. The van der Waals surface area contributed by atoms with Crippen LogP contribution in [-0.4, -0.2) is 26.9 Å². The van der Waals surface area contributed by atoms with Crippen molar-refractivity contribution >= 4 is 17.2 Å². The van der Waals surface area contributed by atoms with Gasteiger partial charge in [-0.3, -0.25) is 4.79 Å². The molecule has 1 aliphatic heterocycles. The lowest BCUT2D eigenvalue weighted by Crippen LogP contribution is -2.24. The van der Waals surface area contributed by atoms with Gasteiger partial charge in [0.1, 0.15) is 23.2 Å². The molecule has 1 fully saturated rings. The van der Waals surface area contributed by atoms with Crippen LogP contribution in [0.1, 0.15) is 54.2 Å². The zero-order chi connectivity index (χ0) is 22.1. The summed E-state index contributed by atoms with van der Waals surface area (Å²) in [6.45, 7) is 0.810. The van der Waals surface area contributed by atoms with Crippen LogP contribution in [0.2, 0.25) is 0 Å². The molecule has 5 rings (SSSR count). The molecule has 1 aromatic carbocycles. The summed E-state index contributed by atoms with van der Waals surface area (Å²) in [5, 5.41) is 4.73. The van der Waals surface area contributed by atoms with Gasteiger partial charge in [0.25, 0.3) is 0 Å². The topological polar surface area (TPSA) is 50.5 Å². The van der Waals surface area contributed by atoms with Gasteiger partial charge in [-0.25, -0.2) is 18.3 Å². The molecule has 0 radical (unpaired) electrons. The summed E-state index contributed by atoms with van der Waals surface area (Å²) < 4.78 is 28.8. The minimum atomic E-state index is -0.247. The van der Waals surface area contributed by atoms with Gasteiger partial charge in [0.15, 0.2) is 11.4 Å². The molecule has 5 nitrogen and oxygen atoms in total. The second kappa shape index (κ2) is 8.65. The molecule has 1 unspecified atom stereocenters. The minimum absolute atomic E-state index is 0.0308. The number of ketones is 1. The molecule has 7 heteroatoms. The van der Waals surface area contributed by atoms with Gasteiger partial charge >= 0.3 is 0 Å². The van der Waals surface area contributed by atoms with E-state index >= 15 is 0 Å². The van der Waals surface area contributed by atoms with Crippen LogP contribution in [0, 0.1) is 11.7 Å². The second-order valence-corrected chi connectivity index (χ2v) is 8.42. The van der Waals surface area contributed by atoms with Gasteiger partial charge in [-0.2, -0.15) is 0 Å². The fourth-order valence-corrected chi connectivity index (χ4v) is 4.66. The van der Waals surface area contributed by atoms with Crippen LogP contribution in [-0.2, 0) is 0 Å². The van der Waals surface area contributed by atoms with E-state index in [2.05, 4.69) is 9.88 Å². The van der Waals surface area contributed by atoms with Gasteiger partial charge < -0.3 is 4.90 Å². The Morgan fingerprint density at radius 2 is 2.09 bits per heavy atom. The average Bonchev–Trinajstić information content (AvgIpc) is 3.44. The number of rotatable bonds is 6. The highest BCUT2D eigenvalue weighted by Gasteiger charge is 2.28. The number of benzene rings is 1. The Balaban J connectivity index is 1.37. The van der Waals surface area contributed by atoms with Crippen molar-refractivity contribution in [1.29, 1.82) is 0 Å². The number of hydrogen-bond donors (Lipinski definition) is 0. The molecule has 3 heterocycles. The Labute approximate surface area is 185 Å². The monoisotopic (exact) mass is 434 g/mol. The summed E-state index contributed by atoms with van der Waals surface area (Å²) in [7, 11) is 0. The molecule has 0 N–H and O–H groups in total. The van der Waals surface area contributed by atoms with E-state index in [1.54, 1.807) is 35.0 Å². The van der Waals surface area contributed by atoms with Gasteiger partial charge in [-0.15, -0.1) is 5.10 Å². The van der Waals surface area contributed by atoms with Crippen molar-refractivity contribution in [2.24, 2.45) is 5.92 Å². The molecule has 2 aromatic heterocycles. The van der Waals surface area contributed by atoms with Crippen LogP contribution < -0.4 is 4.90 Å². The van der Waals surface area contributed by atoms with Crippen LogP contribution in [0.4, 0.5) is 14.6 Å². The maximum absolute atomic E-state index is 13.8. The van der Waals surface area contributed by atoms with Crippen LogP contribution in [0.3, 0.4) is 0 Å². The van der Waals surface area contributed by atoms with Crippen LogP contribution >= 0.6 is 0 Å². The van der Waals surface area contributed by atoms with E-state index < -0.39 is 0 Å². The third-order valence-corrected chi connectivity index (χ3v) is 6.27. The first-order valence-corrected chi connectivity index (χ1v) is 11.0. The van der Waals surface area contributed by atoms with Crippen LogP contribution in [0.15, 0.2) is 66.6 Å². The summed E-state index contributed by atoms with van der Waals surface area (Å²) in [4.78, 5) is 19.4.